The van der Waals surface area contributed by atoms with Crippen LogP contribution in [0.4, 0.5) is 10.5 Å². The van der Waals surface area contributed by atoms with Crippen LogP contribution in [-0.2, 0) is 9.59 Å². The molecule has 9 nitrogen and oxygen atoms in total. The number of anilines is 1. The molecule has 1 saturated heterocycles. The fraction of sp³-hybridized carbons (Fsp3) is 0.438. The molecule has 0 saturated carbocycles. The molecule has 0 aliphatic carbocycles. The van der Waals surface area contributed by atoms with Crippen molar-refractivity contribution < 1.29 is 29.0 Å². The molecule has 3 N–H and O–H groups in total. The zero-order valence-corrected chi connectivity index (χ0v) is 13.5. The number of imide groups is 1. The van der Waals surface area contributed by atoms with Crippen molar-refractivity contribution in [3.63, 3.8) is 0 Å². The van der Waals surface area contributed by atoms with Gasteiger partial charge in [0, 0.05) is 11.8 Å². The Hall–Kier alpha value is -2.81. The third-order valence-corrected chi connectivity index (χ3v) is 4.05. The number of amides is 3. The molecule has 2 aliphatic heterocycles. The number of hydrogen-bond acceptors (Lipinski definition) is 6. The molecule has 1 atom stereocenters. The third-order valence-electron chi connectivity index (χ3n) is 4.05. The highest BCUT2D eigenvalue weighted by atomic mass is 16.6. The predicted octanol–water partition coefficient (Wildman–Crippen LogP) is 0.655. The molecule has 2 aliphatic rings. The molecule has 25 heavy (non-hydrogen) atoms. The predicted molar refractivity (Wildman–Crippen MR) is 86.8 cm³/mol. The van der Waals surface area contributed by atoms with Crippen LogP contribution in [0.5, 0.6) is 11.5 Å². The number of rotatable bonds is 4. The highest BCUT2D eigenvalue weighted by molar-refractivity contribution is 6.02. The topological polar surface area (TPSA) is 117 Å². The summed E-state index contributed by atoms with van der Waals surface area (Å²) in [7, 11) is 0. The fourth-order valence-electron chi connectivity index (χ4n) is 2.93. The molecular formula is C16H19N3O6. The van der Waals surface area contributed by atoms with Crippen LogP contribution < -0.4 is 20.1 Å². The van der Waals surface area contributed by atoms with Gasteiger partial charge in [-0.05, 0) is 31.5 Å². The summed E-state index contributed by atoms with van der Waals surface area (Å²) in [4.78, 5) is 36.5. The van der Waals surface area contributed by atoms with Crippen LogP contribution in [-0.4, -0.2) is 60.3 Å². The molecule has 3 amide bonds. The van der Waals surface area contributed by atoms with Crippen LogP contribution in [0.1, 0.15) is 12.8 Å². The smallest absolute Gasteiger partial charge is 0.325 e. The van der Waals surface area contributed by atoms with E-state index < -0.39 is 23.9 Å². The van der Waals surface area contributed by atoms with Gasteiger partial charge in [0.15, 0.2) is 11.5 Å². The van der Waals surface area contributed by atoms with Crippen molar-refractivity contribution >= 4 is 23.6 Å². The van der Waals surface area contributed by atoms with Crippen molar-refractivity contribution in [1.29, 1.82) is 0 Å². The van der Waals surface area contributed by atoms with E-state index in [1.165, 1.54) is 0 Å². The second-order valence-electron chi connectivity index (χ2n) is 5.83. The van der Waals surface area contributed by atoms with Gasteiger partial charge in [-0.3, -0.25) is 19.8 Å². The van der Waals surface area contributed by atoms with E-state index in [0.717, 1.165) is 0 Å². The van der Waals surface area contributed by atoms with Crippen molar-refractivity contribution in [3.8, 4) is 11.5 Å². The number of carbonyl (C=O) groups excluding carboxylic acids is 2. The molecule has 0 bridgehead atoms. The molecule has 0 spiro atoms. The maximum Gasteiger partial charge on any atom is 0.325 e. The van der Waals surface area contributed by atoms with Gasteiger partial charge in [0.25, 0.3) is 0 Å². The maximum absolute atomic E-state index is 11.9. The monoisotopic (exact) mass is 349 g/mol. The van der Waals surface area contributed by atoms with Gasteiger partial charge in [-0.25, -0.2) is 4.79 Å². The van der Waals surface area contributed by atoms with Gasteiger partial charge in [-0.15, -0.1) is 0 Å². The van der Waals surface area contributed by atoms with Gasteiger partial charge in [0.2, 0.25) is 5.91 Å². The Labute approximate surface area is 143 Å². The molecule has 1 aromatic carbocycles. The van der Waals surface area contributed by atoms with Crippen LogP contribution in [0.2, 0.25) is 0 Å². The largest absolute Gasteiger partial charge is 0.486 e. The summed E-state index contributed by atoms with van der Waals surface area (Å²) in [5.41, 5.74) is 0.458. The minimum absolute atomic E-state index is 0.133. The molecule has 2 heterocycles. The number of likely N-dealkylation sites (tertiary alicyclic amines) is 1. The number of carboxylic acid groups (broad SMARTS) is 1. The quantitative estimate of drug-likeness (QED) is 0.731. The second kappa shape index (κ2) is 7.39. The zero-order valence-electron chi connectivity index (χ0n) is 13.5. The lowest BCUT2D eigenvalue weighted by atomic mass is 10.2. The van der Waals surface area contributed by atoms with Crippen molar-refractivity contribution in [1.82, 2.24) is 10.2 Å². The highest BCUT2D eigenvalue weighted by Gasteiger charge is 2.31. The lowest BCUT2D eigenvalue weighted by Crippen LogP contribution is -2.45. The number of aliphatic carboxylic acids is 1. The number of carboxylic acids is 1. The van der Waals surface area contributed by atoms with Gasteiger partial charge in [-0.2, -0.15) is 0 Å². The van der Waals surface area contributed by atoms with Crippen molar-refractivity contribution in [2.45, 2.75) is 18.9 Å². The van der Waals surface area contributed by atoms with Crippen LogP contribution in [0.3, 0.4) is 0 Å². The molecule has 0 radical (unpaired) electrons. The van der Waals surface area contributed by atoms with Gasteiger partial charge in [0.1, 0.15) is 19.3 Å². The summed E-state index contributed by atoms with van der Waals surface area (Å²) < 4.78 is 10.8. The van der Waals surface area contributed by atoms with E-state index in [4.69, 9.17) is 14.6 Å². The highest BCUT2D eigenvalue weighted by Crippen LogP contribution is 2.32. The van der Waals surface area contributed by atoms with E-state index >= 15 is 0 Å². The first-order valence-electron chi connectivity index (χ1n) is 8.00. The number of urea groups is 1. The van der Waals surface area contributed by atoms with Crippen LogP contribution in [0.25, 0.3) is 0 Å². The number of ether oxygens (including phenoxy) is 2. The molecule has 1 fully saturated rings. The van der Waals surface area contributed by atoms with Gasteiger partial charge in [-0.1, -0.05) is 0 Å². The van der Waals surface area contributed by atoms with Crippen LogP contribution in [0, 0.1) is 0 Å². The standard InChI is InChI=1S/C16H19N3O6/c20-14(9-19-5-1-2-11(19)15(21)22)18-16(23)17-10-3-4-12-13(8-10)25-7-6-24-12/h3-4,8,11H,1-2,5-7,9H2,(H,21,22)(H2,17,18,20,23). The Morgan fingerprint density at radius 2 is 1.96 bits per heavy atom. The van der Waals surface area contributed by atoms with Crippen LogP contribution in [0.15, 0.2) is 18.2 Å². The van der Waals surface area contributed by atoms with E-state index in [0.29, 0.717) is 49.8 Å². The number of nitrogens with zero attached hydrogens (tertiary/aromatic N) is 1. The average molecular weight is 349 g/mol. The zero-order chi connectivity index (χ0) is 17.8. The minimum atomic E-state index is -0.953. The lowest BCUT2D eigenvalue weighted by molar-refractivity contribution is -0.142. The van der Waals surface area contributed by atoms with E-state index in [2.05, 4.69) is 10.6 Å². The normalized spacial score (nSPS) is 19.3. The first-order chi connectivity index (χ1) is 12.0. The molecule has 9 heteroatoms. The van der Waals surface area contributed by atoms with Gasteiger partial charge < -0.3 is 19.9 Å². The minimum Gasteiger partial charge on any atom is -0.486 e. The average Bonchev–Trinajstić information content (AvgIpc) is 3.02. The van der Waals surface area contributed by atoms with E-state index in [-0.39, 0.29) is 6.54 Å². The summed E-state index contributed by atoms with van der Waals surface area (Å²) in [6, 6.07) is 3.56. The van der Waals surface area contributed by atoms with Crippen LogP contribution >= 0.6 is 0 Å². The summed E-state index contributed by atoms with van der Waals surface area (Å²) in [5, 5.41) is 13.8. The summed E-state index contributed by atoms with van der Waals surface area (Å²) in [5.74, 6) is -0.381. The Bertz CT molecular complexity index is 692. The Morgan fingerprint density at radius 1 is 1.20 bits per heavy atom. The molecule has 134 valence electrons. The molecular weight excluding hydrogens is 330 g/mol. The summed E-state index contributed by atoms with van der Waals surface area (Å²) in [6.45, 7) is 1.30. The number of carbonyl (C=O) groups is 3. The Morgan fingerprint density at radius 3 is 2.72 bits per heavy atom. The fourth-order valence-corrected chi connectivity index (χ4v) is 2.93. The number of nitrogens with one attached hydrogen (secondary N) is 2. The molecule has 0 aromatic heterocycles. The van der Waals surface area contributed by atoms with Crippen molar-refractivity contribution in [3.05, 3.63) is 18.2 Å². The van der Waals surface area contributed by atoms with E-state index in [1.54, 1.807) is 23.1 Å². The van der Waals surface area contributed by atoms with E-state index in [1.807, 2.05) is 0 Å². The number of benzene rings is 1. The molecule has 3 rings (SSSR count). The number of fused-ring (bicyclic) bond motifs is 1. The number of hydrogen-bond donors (Lipinski definition) is 3. The Kier molecular flexibility index (Phi) is 5.03. The Balaban J connectivity index is 1.52. The first kappa shape index (κ1) is 17.0. The van der Waals surface area contributed by atoms with Gasteiger partial charge >= 0.3 is 12.0 Å². The first-order valence-corrected chi connectivity index (χ1v) is 8.00. The van der Waals surface area contributed by atoms with E-state index in [9.17, 15) is 14.4 Å². The van der Waals surface area contributed by atoms with Crippen molar-refractivity contribution in [2.75, 3.05) is 31.6 Å². The van der Waals surface area contributed by atoms with Gasteiger partial charge in [0.05, 0.1) is 6.54 Å². The summed E-state index contributed by atoms with van der Waals surface area (Å²) in [6.07, 6.45) is 1.22. The SMILES string of the molecule is O=C(CN1CCCC1C(=O)O)NC(=O)Nc1ccc2c(c1)OCCO2. The maximum atomic E-state index is 11.9. The second-order valence-corrected chi connectivity index (χ2v) is 5.83. The molecule has 1 unspecified atom stereocenters. The molecule has 1 aromatic rings. The van der Waals surface area contributed by atoms with Crippen molar-refractivity contribution in [2.24, 2.45) is 0 Å². The third kappa shape index (κ3) is 4.18. The summed E-state index contributed by atoms with van der Waals surface area (Å²) >= 11 is 0. The lowest BCUT2D eigenvalue weighted by Gasteiger charge is -2.20.